The molecule has 0 aliphatic carbocycles. The Bertz CT molecular complexity index is 429. The molecular weight excluding hydrogens is 222 g/mol. The molecular formula is C12H15NO4. The quantitative estimate of drug-likeness (QED) is 0.330. The third-order valence-electron chi connectivity index (χ3n) is 2.37. The van der Waals surface area contributed by atoms with Gasteiger partial charge in [-0.25, -0.2) is 0 Å². The minimum absolute atomic E-state index is 0.0903. The Balaban J connectivity index is 3.03. The maximum atomic E-state index is 10.9. The molecule has 0 aliphatic heterocycles. The molecule has 0 saturated carbocycles. The van der Waals surface area contributed by atoms with Crippen molar-refractivity contribution in [2.45, 2.75) is 26.7 Å². The molecule has 5 heteroatoms. The Morgan fingerprint density at radius 2 is 2.18 bits per heavy atom. The molecule has 0 bridgehead atoms. The van der Waals surface area contributed by atoms with Crippen LogP contribution < -0.4 is 4.74 Å². The van der Waals surface area contributed by atoms with Crippen molar-refractivity contribution in [2.75, 3.05) is 6.61 Å². The van der Waals surface area contributed by atoms with Crippen molar-refractivity contribution in [1.29, 1.82) is 0 Å². The van der Waals surface area contributed by atoms with Crippen LogP contribution in [0.15, 0.2) is 12.1 Å². The molecule has 0 heterocycles. The summed E-state index contributed by atoms with van der Waals surface area (Å²) in [6, 6.07) is 2.65. The Hall–Kier alpha value is -1.91. The minimum atomic E-state index is -0.518. The maximum absolute atomic E-state index is 10.9. The lowest BCUT2D eigenvalue weighted by molar-refractivity contribution is -0.384. The molecule has 0 unspecified atom stereocenters. The molecule has 0 N–H and O–H groups in total. The standard InChI is InChI=1S/C12H15NO4/c1-3-4-5-17-12-9(2)6-11(13(15)16)7-10(12)8-14/h6-8H,3-5H2,1-2H3. The Morgan fingerprint density at radius 1 is 1.47 bits per heavy atom. The van der Waals surface area contributed by atoms with Gasteiger partial charge in [0.25, 0.3) is 5.69 Å². The number of ether oxygens (including phenoxy) is 1. The number of nitro groups is 1. The number of unbranched alkanes of at least 4 members (excludes halogenated alkanes) is 1. The second kappa shape index (κ2) is 5.98. The van der Waals surface area contributed by atoms with Crippen molar-refractivity contribution in [1.82, 2.24) is 0 Å². The average Bonchev–Trinajstić information content (AvgIpc) is 2.30. The molecule has 92 valence electrons. The molecule has 1 aromatic rings. The van der Waals surface area contributed by atoms with E-state index in [-0.39, 0.29) is 11.3 Å². The van der Waals surface area contributed by atoms with Crippen molar-refractivity contribution in [2.24, 2.45) is 0 Å². The van der Waals surface area contributed by atoms with Crippen LogP contribution in [0.3, 0.4) is 0 Å². The van der Waals surface area contributed by atoms with E-state index in [0.29, 0.717) is 24.2 Å². The van der Waals surface area contributed by atoms with Gasteiger partial charge in [0, 0.05) is 12.1 Å². The highest BCUT2D eigenvalue weighted by molar-refractivity contribution is 5.81. The van der Waals surface area contributed by atoms with Gasteiger partial charge in [-0.3, -0.25) is 14.9 Å². The van der Waals surface area contributed by atoms with E-state index in [1.54, 1.807) is 6.92 Å². The molecule has 0 radical (unpaired) electrons. The van der Waals surface area contributed by atoms with E-state index in [0.717, 1.165) is 12.8 Å². The predicted molar refractivity (Wildman–Crippen MR) is 63.6 cm³/mol. The zero-order chi connectivity index (χ0) is 12.8. The van der Waals surface area contributed by atoms with Gasteiger partial charge in [0.05, 0.1) is 17.1 Å². The topological polar surface area (TPSA) is 69.4 Å². The van der Waals surface area contributed by atoms with Crippen molar-refractivity contribution in [3.63, 3.8) is 0 Å². The van der Waals surface area contributed by atoms with Crippen molar-refractivity contribution < 1.29 is 14.5 Å². The van der Waals surface area contributed by atoms with Crippen LogP contribution in [0.2, 0.25) is 0 Å². The number of aldehydes is 1. The van der Waals surface area contributed by atoms with Crippen LogP contribution in [-0.4, -0.2) is 17.8 Å². The summed E-state index contributed by atoms with van der Waals surface area (Å²) in [5.74, 6) is 0.444. The van der Waals surface area contributed by atoms with Crippen LogP contribution in [0, 0.1) is 17.0 Å². The number of carbonyl (C=O) groups excluding carboxylic acids is 1. The third-order valence-corrected chi connectivity index (χ3v) is 2.37. The number of aryl methyl sites for hydroxylation is 1. The third kappa shape index (κ3) is 3.27. The van der Waals surface area contributed by atoms with E-state index in [1.807, 2.05) is 6.92 Å². The van der Waals surface area contributed by atoms with E-state index < -0.39 is 4.92 Å². The van der Waals surface area contributed by atoms with Crippen molar-refractivity contribution in [3.05, 3.63) is 33.4 Å². The van der Waals surface area contributed by atoms with Crippen LogP contribution in [0.5, 0.6) is 5.75 Å². The van der Waals surface area contributed by atoms with Gasteiger partial charge < -0.3 is 4.74 Å². The monoisotopic (exact) mass is 237 g/mol. The van der Waals surface area contributed by atoms with Crippen LogP contribution in [0.1, 0.15) is 35.7 Å². The zero-order valence-electron chi connectivity index (χ0n) is 9.93. The highest BCUT2D eigenvalue weighted by atomic mass is 16.6. The Kier molecular flexibility index (Phi) is 4.63. The number of nitrogens with zero attached hydrogens (tertiary/aromatic N) is 1. The van der Waals surface area contributed by atoms with Gasteiger partial charge in [-0.05, 0) is 18.9 Å². The lowest BCUT2D eigenvalue weighted by Gasteiger charge is -2.10. The van der Waals surface area contributed by atoms with Crippen LogP contribution >= 0.6 is 0 Å². The molecule has 0 fully saturated rings. The molecule has 0 atom stereocenters. The summed E-state index contributed by atoms with van der Waals surface area (Å²) < 4.78 is 5.48. The van der Waals surface area contributed by atoms with E-state index in [4.69, 9.17) is 4.74 Å². The van der Waals surface area contributed by atoms with Crippen molar-refractivity contribution in [3.8, 4) is 5.75 Å². The molecule has 0 aromatic heterocycles. The first-order valence-electron chi connectivity index (χ1n) is 5.47. The highest BCUT2D eigenvalue weighted by Crippen LogP contribution is 2.27. The van der Waals surface area contributed by atoms with Gasteiger partial charge in [-0.2, -0.15) is 0 Å². The van der Waals surface area contributed by atoms with E-state index in [9.17, 15) is 14.9 Å². The lowest BCUT2D eigenvalue weighted by atomic mass is 10.1. The molecule has 0 spiro atoms. The van der Waals surface area contributed by atoms with Gasteiger partial charge in [-0.15, -0.1) is 0 Å². The second-order valence-corrected chi connectivity index (χ2v) is 3.76. The number of benzene rings is 1. The number of non-ortho nitro benzene ring substituents is 1. The van der Waals surface area contributed by atoms with Crippen LogP contribution in [-0.2, 0) is 0 Å². The minimum Gasteiger partial charge on any atom is -0.493 e. The fourth-order valence-corrected chi connectivity index (χ4v) is 1.49. The summed E-state index contributed by atoms with van der Waals surface area (Å²) in [4.78, 5) is 21.0. The number of carbonyl (C=O) groups is 1. The van der Waals surface area contributed by atoms with Gasteiger partial charge in [0.15, 0.2) is 6.29 Å². The predicted octanol–water partition coefficient (Wildman–Crippen LogP) is 2.89. The molecule has 1 rings (SSSR count). The normalized spacial score (nSPS) is 10.0. The number of hydrogen-bond acceptors (Lipinski definition) is 4. The summed E-state index contributed by atoms with van der Waals surface area (Å²) in [7, 11) is 0. The summed E-state index contributed by atoms with van der Waals surface area (Å²) in [6.45, 7) is 4.24. The highest BCUT2D eigenvalue weighted by Gasteiger charge is 2.14. The zero-order valence-corrected chi connectivity index (χ0v) is 9.93. The first kappa shape index (κ1) is 13.2. The van der Waals surface area contributed by atoms with Crippen molar-refractivity contribution >= 4 is 12.0 Å². The second-order valence-electron chi connectivity index (χ2n) is 3.76. The average molecular weight is 237 g/mol. The first-order chi connectivity index (χ1) is 8.10. The lowest BCUT2D eigenvalue weighted by Crippen LogP contribution is -2.02. The van der Waals surface area contributed by atoms with Crippen LogP contribution in [0.4, 0.5) is 5.69 Å². The largest absolute Gasteiger partial charge is 0.493 e. The SMILES string of the molecule is CCCCOc1c(C)cc([N+](=O)[O-])cc1C=O. The fraction of sp³-hybridized carbons (Fsp3) is 0.417. The van der Waals surface area contributed by atoms with Crippen LogP contribution in [0.25, 0.3) is 0 Å². The van der Waals surface area contributed by atoms with Gasteiger partial charge in [0.2, 0.25) is 0 Å². The number of hydrogen-bond donors (Lipinski definition) is 0. The molecule has 0 aliphatic rings. The van der Waals surface area contributed by atoms with E-state index in [2.05, 4.69) is 0 Å². The molecule has 1 aromatic carbocycles. The molecule has 5 nitrogen and oxygen atoms in total. The van der Waals surface area contributed by atoms with E-state index >= 15 is 0 Å². The molecule has 17 heavy (non-hydrogen) atoms. The fourth-order valence-electron chi connectivity index (χ4n) is 1.49. The van der Waals surface area contributed by atoms with Gasteiger partial charge in [0.1, 0.15) is 5.75 Å². The number of rotatable bonds is 6. The smallest absolute Gasteiger partial charge is 0.270 e. The van der Waals surface area contributed by atoms with Gasteiger partial charge >= 0.3 is 0 Å². The Morgan fingerprint density at radius 3 is 2.71 bits per heavy atom. The first-order valence-corrected chi connectivity index (χ1v) is 5.47. The maximum Gasteiger partial charge on any atom is 0.270 e. The number of nitro benzene ring substituents is 1. The Labute approximate surface area is 99.5 Å². The van der Waals surface area contributed by atoms with Gasteiger partial charge in [-0.1, -0.05) is 13.3 Å². The summed E-state index contributed by atoms with van der Waals surface area (Å²) in [6.07, 6.45) is 2.46. The summed E-state index contributed by atoms with van der Waals surface area (Å²) >= 11 is 0. The summed E-state index contributed by atoms with van der Waals surface area (Å²) in [5.41, 5.74) is 0.748. The molecule has 0 amide bonds. The summed E-state index contributed by atoms with van der Waals surface area (Å²) in [5, 5.41) is 10.6. The molecule has 0 saturated heterocycles. The van der Waals surface area contributed by atoms with E-state index in [1.165, 1.54) is 12.1 Å².